The maximum absolute atomic E-state index is 11.8. The van der Waals surface area contributed by atoms with E-state index >= 15 is 0 Å². The molecule has 0 bridgehead atoms. The number of amides is 1. The molecule has 2 heterocycles. The third-order valence-corrected chi connectivity index (χ3v) is 5.64. The average molecular weight is 382 g/mol. The van der Waals surface area contributed by atoms with Crippen molar-refractivity contribution in [3.8, 4) is 0 Å². The van der Waals surface area contributed by atoms with Crippen LogP contribution in [-0.2, 0) is 4.74 Å². The fourth-order valence-electron chi connectivity index (χ4n) is 4.04. The summed E-state index contributed by atoms with van der Waals surface area (Å²) < 4.78 is 5.09. The number of guanidine groups is 1. The van der Waals surface area contributed by atoms with Crippen LogP contribution in [0.25, 0.3) is 0 Å². The average Bonchev–Trinajstić information content (AvgIpc) is 2.67. The maximum Gasteiger partial charge on any atom is 0.409 e. The number of piperidine rings is 2. The van der Waals surface area contributed by atoms with E-state index in [1.165, 1.54) is 25.8 Å². The summed E-state index contributed by atoms with van der Waals surface area (Å²) in [6.45, 7) is 13.3. The number of likely N-dealkylation sites (tertiary alicyclic amines) is 2. The summed E-state index contributed by atoms with van der Waals surface area (Å²) in [5.41, 5.74) is 0. The van der Waals surface area contributed by atoms with Gasteiger partial charge in [-0.3, -0.25) is 9.89 Å². The van der Waals surface area contributed by atoms with Crippen LogP contribution < -0.4 is 10.6 Å². The number of rotatable bonds is 6. The van der Waals surface area contributed by atoms with Crippen molar-refractivity contribution in [2.75, 3.05) is 39.3 Å². The Hall–Kier alpha value is -1.50. The first-order valence-corrected chi connectivity index (χ1v) is 10.8. The van der Waals surface area contributed by atoms with Crippen LogP contribution in [0.2, 0.25) is 0 Å². The van der Waals surface area contributed by atoms with Crippen molar-refractivity contribution in [3.63, 3.8) is 0 Å². The highest BCUT2D eigenvalue weighted by atomic mass is 16.6. The summed E-state index contributed by atoms with van der Waals surface area (Å²) in [5.74, 6) is 0.892. The first kappa shape index (κ1) is 21.8. The van der Waals surface area contributed by atoms with Gasteiger partial charge < -0.3 is 20.3 Å². The molecule has 2 N–H and O–H groups in total. The molecular formula is C20H39N5O2. The molecule has 2 fully saturated rings. The number of aliphatic imine (C=N–C) groups is 1. The Morgan fingerprint density at radius 3 is 2.56 bits per heavy atom. The Morgan fingerprint density at radius 2 is 1.93 bits per heavy atom. The predicted octanol–water partition coefficient (Wildman–Crippen LogP) is 2.43. The van der Waals surface area contributed by atoms with Crippen molar-refractivity contribution < 1.29 is 9.53 Å². The lowest BCUT2D eigenvalue weighted by atomic mass is 10.0. The SMILES string of the molecule is CCNC(=NCC(C)N1CCCCC1C)NC1CCN(C(=O)OCC)CC1. The molecule has 2 unspecified atom stereocenters. The summed E-state index contributed by atoms with van der Waals surface area (Å²) in [6.07, 6.45) is 5.59. The molecule has 0 aromatic rings. The van der Waals surface area contributed by atoms with E-state index in [0.717, 1.165) is 45.0 Å². The zero-order valence-electron chi connectivity index (χ0n) is 17.7. The van der Waals surface area contributed by atoms with E-state index in [2.05, 4.69) is 36.3 Å². The fourth-order valence-corrected chi connectivity index (χ4v) is 4.04. The molecule has 0 radical (unpaired) electrons. The minimum Gasteiger partial charge on any atom is -0.450 e. The van der Waals surface area contributed by atoms with Crippen LogP contribution in [0.1, 0.15) is 59.8 Å². The molecule has 1 amide bonds. The van der Waals surface area contributed by atoms with Crippen LogP contribution in [0.3, 0.4) is 0 Å². The van der Waals surface area contributed by atoms with Crippen molar-refractivity contribution >= 4 is 12.1 Å². The third-order valence-electron chi connectivity index (χ3n) is 5.64. The maximum atomic E-state index is 11.8. The number of nitrogens with zero attached hydrogens (tertiary/aromatic N) is 3. The van der Waals surface area contributed by atoms with Crippen molar-refractivity contribution in [2.24, 2.45) is 4.99 Å². The molecule has 27 heavy (non-hydrogen) atoms. The molecular weight excluding hydrogens is 342 g/mol. The first-order chi connectivity index (χ1) is 13.0. The van der Waals surface area contributed by atoms with Gasteiger partial charge in [-0.15, -0.1) is 0 Å². The second-order valence-electron chi connectivity index (χ2n) is 7.76. The topological polar surface area (TPSA) is 69.2 Å². The van der Waals surface area contributed by atoms with E-state index < -0.39 is 0 Å². The van der Waals surface area contributed by atoms with Crippen molar-refractivity contribution in [3.05, 3.63) is 0 Å². The highest BCUT2D eigenvalue weighted by Gasteiger charge is 2.25. The fraction of sp³-hybridized carbons (Fsp3) is 0.900. The summed E-state index contributed by atoms with van der Waals surface area (Å²) in [4.78, 5) is 21.1. The predicted molar refractivity (Wildman–Crippen MR) is 110 cm³/mol. The van der Waals surface area contributed by atoms with Crippen molar-refractivity contribution in [1.29, 1.82) is 0 Å². The molecule has 2 saturated heterocycles. The van der Waals surface area contributed by atoms with Crippen LogP contribution in [0, 0.1) is 0 Å². The second-order valence-corrected chi connectivity index (χ2v) is 7.76. The monoisotopic (exact) mass is 381 g/mol. The molecule has 2 atom stereocenters. The summed E-state index contributed by atoms with van der Waals surface area (Å²) >= 11 is 0. The smallest absolute Gasteiger partial charge is 0.409 e. The molecule has 7 nitrogen and oxygen atoms in total. The lowest BCUT2D eigenvalue weighted by Gasteiger charge is -2.37. The Kier molecular flexibility index (Phi) is 9.18. The minimum absolute atomic E-state index is 0.194. The number of ether oxygens (including phenoxy) is 1. The Morgan fingerprint density at radius 1 is 1.19 bits per heavy atom. The highest BCUT2D eigenvalue weighted by molar-refractivity contribution is 5.80. The number of hydrogen-bond acceptors (Lipinski definition) is 4. The molecule has 7 heteroatoms. The van der Waals surface area contributed by atoms with E-state index in [1.54, 1.807) is 4.90 Å². The van der Waals surface area contributed by atoms with Crippen LogP contribution in [0.5, 0.6) is 0 Å². The van der Waals surface area contributed by atoms with Gasteiger partial charge in [-0.2, -0.15) is 0 Å². The van der Waals surface area contributed by atoms with Crippen LogP contribution >= 0.6 is 0 Å². The summed E-state index contributed by atoms with van der Waals surface area (Å²) in [6, 6.07) is 1.46. The van der Waals surface area contributed by atoms with Gasteiger partial charge in [-0.25, -0.2) is 4.79 Å². The number of hydrogen-bond donors (Lipinski definition) is 2. The van der Waals surface area contributed by atoms with Gasteiger partial charge in [0.25, 0.3) is 0 Å². The van der Waals surface area contributed by atoms with Gasteiger partial charge in [0.2, 0.25) is 0 Å². The lowest BCUT2D eigenvalue weighted by Crippen LogP contribution is -2.50. The molecule has 0 saturated carbocycles. The number of nitrogens with one attached hydrogen (secondary N) is 2. The van der Waals surface area contributed by atoms with E-state index in [-0.39, 0.29) is 6.09 Å². The quantitative estimate of drug-likeness (QED) is 0.546. The van der Waals surface area contributed by atoms with Crippen molar-refractivity contribution in [2.45, 2.75) is 77.9 Å². The molecule has 0 aromatic heterocycles. The summed E-state index contributed by atoms with van der Waals surface area (Å²) in [7, 11) is 0. The normalized spacial score (nSPS) is 23.8. The van der Waals surface area contributed by atoms with Gasteiger partial charge in [0.15, 0.2) is 5.96 Å². The second kappa shape index (κ2) is 11.4. The van der Waals surface area contributed by atoms with Crippen LogP contribution in [0.4, 0.5) is 4.79 Å². The molecule has 2 aliphatic heterocycles. The van der Waals surface area contributed by atoms with Crippen LogP contribution in [-0.4, -0.2) is 79.3 Å². The zero-order valence-corrected chi connectivity index (χ0v) is 17.7. The minimum atomic E-state index is -0.194. The van der Waals surface area contributed by atoms with E-state index in [1.807, 2.05) is 6.92 Å². The molecule has 0 spiro atoms. The third kappa shape index (κ3) is 6.87. The van der Waals surface area contributed by atoms with Gasteiger partial charge in [-0.1, -0.05) is 6.42 Å². The first-order valence-electron chi connectivity index (χ1n) is 10.8. The number of carbonyl (C=O) groups is 1. The number of carbonyl (C=O) groups excluding carboxylic acids is 1. The van der Waals surface area contributed by atoms with Gasteiger partial charge in [0.05, 0.1) is 13.2 Å². The van der Waals surface area contributed by atoms with Gasteiger partial charge >= 0.3 is 6.09 Å². The zero-order chi connectivity index (χ0) is 19.6. The van der Waals surface area contributed by atoms with E-state index in [4.69, 9.17) is 9.73 Å². The largest absolute Gasteiger partial charge is 0.450 e. The standard InChI is InChI=1S/C20H39N5O2/c1-5-21-19(22-15-17(4)25-12-8-7-9-16(25)3)23-18-10-13-24(14-11-18)20(26)27-6-2/h16-18H,5-15H2,1-4H3,(H2,21,22,23). The highest BCUT2D eigenvalue weighted by Crippen LogP contribution is 2.19. The molecule has 156 valence electrons. The van der Waals surface area contributed by atoms with E-state index in [0.29, 0.717) is 24.7 Å². The van der Waals surface area contributed by atoms with Gasteiger partial charge in [0.1, 0.15) is 0 Å². The van der Waals surface area contributed by atoms with Crippen molar-refractivity contribution in [1.82, 2.24) is 20.4 Å². The molecule has 2 rings (SSSR count). The Balaban J connectivity index is 1.82. The van der Waals surface area contributed by atoms with E-state index in [9.17, 15) is 4.79 Å². The Bertz CT molecular complexity index is 477. The molecule has 2 aliphatic rings. The summed E-state index contributed by atoms with van der Waals surface area (Å²) in [5, 5.41) is 6.93. The van der Waals surface area contributed by atoms with Gasteiger partial charge in [-0.05, 0) is 59.9 Å². The molecule has 0 aromatic carbocycles. The molecule has 0 aliphatic carbocycles. The van der Waals surface area contributed by atoms with Gasteiger partial charge in [0, 0.05) is 37.8 Å². The van der Waals surface area contributed by atoms with Crippen LogP contribution in [0.15, 0.2) is 4.99 Å². The Labute approximate surface area is 164 Å². The lowest BCUT2D eigenvalue weighted by molar-refractivity contribution is 0.0962.